The molecule has 0 atom stereocenters. The van der Waals surface area contributed by atoms with Crippen LogP contribution >= 0.6 is 11.6 Å². The zero-order chi connectivity index (χ0) is 23.0. The minimum absolute atomic E-state index is 0.0873. The first-order chi connectivity index (χ1) is 15.7. The Kier molecular flexibility index (Phi) is 5.05. The Morgan fingerprint density at radius 1 is 1.15 bits per heavy atom. The highest BCUT2D eigenvalue weighted by Crippen LogP contribution is 2.60. The van der Waals surface area contributed by atoms with Gasteiger partial charge in [0.25, 0.3) is 0 Å². The Morgan fingerprint density at radius 3 is 2.42 bits per heavy atom. The van der Waals surface area contributed by atoms with Gasteiger partial charge in [0.1, 0.15) is 22.2 Å². The van der Waals surface area contributed by atoms with Crippen molar-refractivity contribution >= 4 is 27.4 Å². The fourth-order valence-electron chi connectivity index (χ4n) is 7.50. The van der Waals surface area contributed by atoms with Crippen LogP contribution < -0.4 is 5.32 Å². The number of nitrogens with one attached hydrogen (secondary N) is 1. The van der Waals surface area contributed by atoms with Crippen LogP contribution in [0.1, 0.15) is 55.5 Å². The van der Waals surface area contributed by atoms with E-state index in [2.05, 4.69) is 20.4 Å². The van der Waals surface area contributed by atoms with E-state index in [1.54, 1.807) is 20.3 Å². The molecular formula is C23H31ClN6O2S. The Hall–Kier alpha value is -1.71. The first-order valence-corrected chi connectivity index (χ1v) is 13.8. The van der Waals surface area contributed by atoms with Gasteiger partial charge in [-0.05, 0) is 75.0 Å². The minimum atomic E-state index is -3.76. The van der Waals surface area contributed by atoms with Crippen molar-refractivity contribution in [3.05, 3.63) is 28.4 Å². The zero-order valence-electron chi connectivity index (χ0n) is 19.2. The SMILES string of the molecule is Cc1nn(C)c(Cl)c1S(=O)(=O)N1CCc2c(ncnc2NCC23CC4CC(CC(C4)C2)C3)C1. The van der Waals surface area contributed by atoms with Crippen molar-refractivity contribution < 1.29 is 8.42 Å². The first kappa shape index (κ1) is 21.8. The van der Waals surface area contributed by atoms with E-state index < -0.39 is 10.0 Å². The maximum atomic E-state index is 13.4. The average molecular weight is 491 g/mol. The number of anilines is 1. The molecule has 4 fully saturated rings. The van der Waals surface area contributed by atoms with E-state index in [4.69, 9.17) is 11.6 Å². The summed E-state index contributed by atoms with van der Waals surface area (Å²) in [6.07, 6.45) is 10.5. The number of aromatic nitrogens is 4. The van der Waals surface area contributed by atoms with Gasteiger partial charge >= 0.3 is 0 Å². The summed E-state index contributed by atoms with van der Waals surface area (Å²) in [5.74, 6) is 3.63. The number of rotatable bonds is 5. The van der Waals surface area contributed by atoms with Crippen molar-refractivity contribution in [1.82, 2.24) is 24.1 Å². The summed E-state index contributed by atoms with van der Waals surface area (Å²) in [6.45, 7) is 3.23. The molecule has 8 nitrogen and oxygen atoms in total. The number of hydrogen-bond donors (Lipinski definition) is 1. The summed E-state index contributed by atoms with van der Waals surface area (Å²) in [5, 5.41) is 8.00. The van der Waals surface area contributed by atoms with E-state index in [0.717, 1.165) is 41.4 Å². The summed E-state index contributed by atoms with van der Waals surface area (Å²) >= 11 is 6.27. The molecule has 1 aliphatic heterocycles. The summed E-state index contributed by atoms with van der Waals surface area (Å²) in [6, 6.07) is 0. The van der Waals surface area contributed by atoms with Gasteiger partial charge in [-0.1, -0.05) is 11.6 Å². The van der Waals surface area contributed by atoms with Crippen molar-refractivity contribution in [1.29, 1.82) is 0 Å². The van der Waals surface area contributed by atoms with Gasteiger partial charge in [0.05, 0.1) is 17.9 Å². The molecular weight excluding hydrogens is 460 g/mol. The van der Waals surface area contributed by atoms with Crippen LogP contribution in [-0.2, 0) is 30.0 Å². The molecule has 178 valence electrons. The van der Waals surface area contributed by atoms with Crippen LogP contribution in [0.2, 0.25) is 5.15 Å². The average Bonchev–Trinajstić information content (AvgIpc) is 3.02. The molecule has 2 aromatic rings. The highest BCUT2D eigenvalue weighted by atomic mass is 35.5. The van der Waals surface area contributed by atoms with E-state index >= 15 is 0 Å². The van der Waals surface area contributed by atoms with Crippen molar-refractivity contribution in [2.45, 2.75) is 63.3 Å². The van der Waals surface area contributed by atoms with Crippen molar-refractivity contribution in [2.75, 3.05) is 18.4 Å². The predicted octanol–water partition coefficient (Wildman–Crippen LogP) is 3.55. The molecule has 0 spiro atoms. The molecule has 2 aromatic heterocycles. The van der Waals surface area contributed by atoms with Gasteiger partial charge in [-0.3, -0.25) is 4.68 Å². The molecule has 10 heteroatoms. The standard InChI is InChI=1S/C23H31ClN6O2S/c1-14-20(21(24)29(2)28-14)33(31,32)30-4-3-18-19(11-30)26-13-27-22(18)25-12-23-8-15-5-16(9-23)7-17(6-15)10-23/h13,15-17H,3-12H2,1-2H3,(H,25,26,27). The Balaban J connectivity index is 1.21. The fraction of sp³-hybridized carbons (Fsp3) is 0.696. The van der Waals surface area contributed by atoms with E-state index in [-0.39, 0.29) is 16.6 Å². The highest BCUT2D eigenvalue weighted by molar-refractivity contribution is 7.89. The Labute approximate surface area is 200 Å². The third-order valence-electron chi connectivity index (χ3n) is 8.47. The lowest BCUT2D eigenvalue weighted by Crippen LogP contribution is -2.49. The normalized spacial score (nSPS) is 31.1. The van der Waals surface area contributed by atoms with Crippen molar-refractivity contribution in [3.63, 3.8) is 0 Å². The number of hydrogen-bond acceptors (Lipinski definition) is 6. The van der Waals surface area contributed by atoms with Crippen molar-refractivity contribution in [3.8, 4) is 0 Å². The fourth-order valence-corrected chi connectivity index (χ4v) is 9.61. The molecule has 0 aromatic carbocycles. The molecule has 0 unspecified atom stereocenters. The molecule has 0 amide bonds. The number of nitrogens with zero attached hydrogens (tertiary/aromatic N) is 5. The van der Waals surface area contributed by atoms with Crippen molar-refractivity contribution in [2.24, 2.45) is 30.2 Å². The van der Waals surface area contributed by atoms with Gasteiger partial charge in [0.15, 0.2) is 0 Å². The largest absolute Gasteiger partial charge is 0.369 e. The lowest BCUT2D eigenvalue weighted by atomic mass is 9.49. The monoisotopic (exact) mass is 490 g/mol. The van der Waals surface area contributed by atoms with Crippen LogP contribution in [0.25, 0.3) is 0 Å². The Morgan fingerprint density at radius 2 is 1.82 bits per heavy atom. The van der Waals surface area contributed by atoms with Crippen LogP contribution in [0, 0.1) is 30.1 Å². The quantitative estimate of drug-likeness (QED) is 0.689. The summed E-state index contributed by atoms with van der Waals surface area (Å²) in [7, 11) is -2.12. The molecule has 4 aliphatic carbocycles. The third-order valence-corrected chi connectivity index (χ3v) is 11.0. The summed E-state index contributed by atoms with van der Waals surface area (Å²) < 4.78 is 29.6. The van der Waals surface area contributed by atoms with Gasteiger partial charge in [0.2, 0.25) is 10.0 Å². The van der Waals surface area contributed by atoms with Crippen LogP contribution in [0.15, 0.2) is 11.2 Å². The second kappa shape index (κ2) is 7.65. The van der Waals surface area contributed by atoms with Gasteiger partial charge < -0.3 is 5.32 Å². The molecule has 4 saturated carbocycles. The maximum Gasteiger partial charge on any atom is 0.248 e. The lowest BCUT2D eigenvalue weighted by Gasteiger charge is -2.57. The molecule has 0 radical (unpaired) electrons. The number of fused-ring (bicyclic) bond motifs is 1. The number of sulfonamides is 1. The Bertz CT molecular complexity index is 1170. The number of aryl methyl sites for hydroxylation is 2. The number of halogens is 1. The van der Waals surface area contributed by atoms with Crippen LogP contribution in [0.3, 0.4) is 0 Å². The van der Waals surface area contributed by atoms with Gasteiger partial charge in [0, 0.05) is 25.7 Å². The van der Waals surface area contributed by atoms with E-state index in [1.165, 1.54) is 47.5 Å². The molecule has 7 rings (SSSR count). The van der Waals surface area contributed by atoms with Crippen LogP contribution in [0.5, 0.6) is 0 Å². The molecule has 0 saturated heterocycles. The molecule has 1 N–H and O–H groups in total. The molecule has 3 heterocycles. The van der Waals surface area contributed by atoms with Crippen LogP contribution in [-0.4, -0.2) is 45.6 Å². The highest BCUT2D eigenvalue weighted by Gasteiger charge is 2.50. The topological polar surface area (TPSA) is 93.0 Å². The maximum absolute atomic E-state index is 13.4. The second-order valence-electron chi connectivity index (χ2n) is 10.8. The molecule has 5 aliphatic rings. The lowest BCUT2D eigenvalue weighted by molar-refractivity contribution is -0.0444. The van der Waals surface area contributed by atoms with Gasteiger partial charge in [-0.2, -0.15) is 9.40 Å². The summed E-state index contributed by atoms with van der Waals surface area (Å²) in [5.41, 5.74) is 2.63. The zero-order valence-corrected chi connectivity index (χ0v) is 20.8. The van der Waals surface area contributed by atoms with E-state index in [0.29, 0.717) is 24.1 Å². The van der Waals surface area contributed by atoms with Crippen LogP contribution in [0.4, 0.5) is 5.82 Å². The van der Waals surface area contributed by atoms with E-state index in [1.807, 2.05) is 0 Å². The predicted molar refractivity (Wildman–Crippen MR) is 125 cm³/mol. The van der Waals surface area contributed by atoms with Gasteiger partial charge in [-0.15, -0.1) is 0 Å². The molecule has 33 heavy (non-hydrogen) atoms. The third kappa shape index (κ3) is 3.58. The smallest absolute Gasteiger partial charge is 0.248 e. The first-order valence-electron chi connectivity index (χ1n) is 12.0. The second-order valence-corrected chi connectivity index (χ2v) is 13.1. The summed E-state index contributed by atoms with van der Waals surface area (Å²) in [4.78, 5) is 9.10. The minimum Gasteiger partial charge on any atom is -0.369 e. The van der Waals surface area contributed by atoms with Gasteiger partial charge in [-0.25, -0.2) is 18.4 Å². The van der Waals surface area contributed by atoms with E-state index in [9.17, 15) is 8.42 Å². The molecule has 4 bridgehead atoms.